The predicted octanol–water partition coefficient (Wildman–Crippen LogP) is 0.942. The molecule has 0 spiro atoms. The Bertz CT molecular complexity index is 298. The van der Waals surface area contributed by atoms with Crippen LogP contribution in [-0.2, 0) is 4.74 Å². The topological polar surface area (TPSA) is 65.5 Å². The van der Waals surface area contributed by atoms with E-state index in [1.165, 1.54) is 0 Å². The van der Waals surface area contributed by atoms with Crippen molar-refractivity contribution in [3.63, 3.8) is 0 Å². The maximum Gasteiger partial charge on any atom is 0.229 e. The van der Waals surface area contributed by atoms with Crippen molar-refractivity contribution in [1.29, 1.82) is 0 Å². The van der Waals surface area contributed by atoms with Crippen LogP contribution in [-0.4, -0.2) is 43.9 Å². The van der Waals surface area contributed by atoms with Crippen LogP contribution in [0.4, 0.5) is 5.95 Å². The van der Waals surface area contributed by atoms with Crippen molar-refractivity contribution in [3.05, 3.63) is 6.07 Å². The number of nitrogens with zero attached hydrogens (tertiary/aromatic N) is 2. The van der Waals surface area contributed by atoms with Crippen molar-refractivity contribution < 1.29 is 14.2 Å². The molecular formula is C10H17N3O3. The van der Waals surface area contributed by atoms with Crippen LogP contribution in [0.5, 0.6) is 11.8 Å². The number of ether oxygens (including phenoxy) is 3. The molecule has 6 heteroatoms. The Morgan fingerprint density at radius 3 is 2.31 bits per heavy atom. The molecule has 0 aliphatic carbocycles. The van der Waals surface area contributed by atoms with Gasteiger partial charge in [-0.05, 0) is 6.92 Å². The molecule has 90 valence electrons. The molecule has 0 aliphatic rings. The number of methoxy groups -OCH3 is 2. The van der Waals surface area contributed by atoms with Gasteiger partial charge in [0.25, 0.3) is 0 Å². The van der Waals surface area contributed by atoms with Gasteiger partial charge in [0.05, 0.1) is 26.9 Å². The molecule has 0 bridgehead atoms. The van der Waals surface area contributed by atoms with Crippen LogP contribution in [0.1, 0.15) is 6.92 Å². The molecule has 1 heterocycles. The smallest absolute Gasteiger partial charge is 0.229 e. The number of rotatable bonds is 7. The Balaban J connectivity index is 2.57. The van der Waals surface area contributed by atoms with E-state index in [1.807, 2.05) is 6.92 Å². The Morgan fingerprint density at radius 1 is 1.19 bits per heavy atom. The predicted molar refractivity (Wildman–Crippen MR) is 60.1 cm³/mol. The van der Waals surface area contributed by atoms with Crippen molar-refractivity contribution in [2.24, 2.45) is 0 Å². The van der Waals surface area contributed by atoms with E-state index in [-0.39, 0.29) is 0 Å². The standard InChI is InChI=1S/C10H17N3O3/c1-4-16-6-5-11-10-12-8(14-2)7-9(13-10)15-3/h7H,4-6H2,1-3H3,(H,11,12,13). The Kier molecular flexibility index (Phi) is 5.35. The number of hydrogen-bond donors (Lipinski definition) is 1. The summed E-state index contributed by atoms with van der Waals surface area (Å²) in [4.78, 5) is 8.23. The van der Waals surface area contributed by atoms with Crippen LogP contribution in [0.2, 0.25) is 0 Å². The van der Waals surface area contributed by atoms with E-state index < -0.39 is 0 Å². The minimum atomic E-state index is 0.464. The zero-order chi connectivity index (χ0) is 11.8. The van der Waals surface area contributed by atoms with Crippen LogP contribution in [0.3, 0.4) is 0 Å². The number of hydrogen-bond acceptors (Lipinski definition) is 6. The van der Waals surface area contributed by atoms with Gasteiger partial charge in [-0.25, -0.2) is 0 Å². The van der Waals surface area contributed by atoms with Gasteiger partial charge in [-0.3, -0.25) is 0 Å². The third-order valence-electron chi connectivity index (χ3n) is 1.83. The lowest BCUT2D eigenvalue weighted by Crippen LogP contribution is -2.12. The van der Waals surface area contributed by atoms with Crippen LogP contribution >= 0.6 is 0 Å². The van der Waals surface area contributed by atoms with Gasteiger partial charge in [0, 0.05) is 13.2 Å². The average Bonchev–Trinajstić information content (AvgIpc) is 2.34. The summed E-state index contributed by atoms with van der Waals surface area (Å²) in [5.74, 6) is 1.40. The summed E-state index contributed by atoms with van der Waals surface area (Å²) in [6.45, 7) is 3.90. The first-order chi connectivity index (χ1) is 7.80. The van der Waals surface area contributed by atoms with Gasteiger partial charge in [0.15, 0.2) is 0 Å². The first-order valence-corrected chi connectivity index (χ1v) is 5.08. The van der Waals surface area contributed by atoms with Crippen LogP contribution in [0.25, 0.3) is 0 Å². The molecule has 0 amide bonds. The molecular weight excluding hydrogens is 210 g/mol. The van der Waals surface area contributed by atoms with Gasteiger partial charge in [-0.2, -0.15) is 9.97 Å². The molecule has 6 nitrogen and oxygen atoms in total. The second-order valence-corrected chi connectivity index (χ2v) is 2.90. The molecule has 0 radical (unpaired) electrons. The molecule has 0 fully saturated rings. The number of aromatic nitrogens is 2. The van der Waals surface area contributed by atoms with E-state index in [2.05, 4.69) is 15.3 Å². The van der Waals surface area contributed by atoms with Gasteiger partial charge >= 0.3 is 0 Å². The van der Waals surface area contributed by atoms with Gasteiger partial charge in [-0.15, -0.1) is 0 Å². The first-order valence-electron chi connectivity index (χ1n) is 5.08. The zero-order valence-electron chi connectivity index (χ0n) is 9.82. The van der Waals surface area contributed by atoms with Crippen molar-refractivity contribution in [1.82, 2.24) is 9.97 Å². The first kappa shape index (κ1) is 12.5. The van der Waals surface area contributed by atoms with E-state index in [0.29, 0.717) is 37.5 Å². The van der Waals surface area contributed by atoms with E-state index in [0.717, 1.165) is 0 Å². The Labute approximate surface area is 95.0 Å². The minimum absolute atomic E-state index is 0.464. The molecule has 1 aromatic heterocycles. The summed E-state index contributed by atoms with van der Waals surface area (Å²) in [5.41, 5.74) is 0. The summed E-state index contributed by atoms with van der Waals surface area (Å²) in [6.07, 6.45) is 0. The van der Waals surface area contributed by atoms with Crippen molar-refractivity contribution >= 4 is 5.95 Å². The summed E-state index contributed by atoms with van der Waals surface area (Å²) >= 11 is 0. The quantitative estimate of drug-likeness (QED) is 0.699. The fraction of sp³-hybridized carbons (Fsp3) is 0.600. The van der Waals surface area contributed by atoms with E-state index in [4.69, 9.17) is 14.2 Å². The SMILES string of the molecule is CCOCCNc1nc(OC)cc(OC)n1. The highest BCUT2D eigenvalue weighted by Gasteiger charge is 2.04. The molecule has 1 N–H and O–H groups in total. The Morgan fingerprint density at radius 2 is 1.81 bits per heavy atom. The fourth-order valence-electron chi connectivity index (χ4n) is 1.07. The monoisotopic (exact) mass is 227 g/mol. The molecule has 1 aromatic rings. The van der Waals surface area contributed by atoms with Crippen LogP contribution in [0.15, 0.2) is 6.07 Å². The lowest BCUT2D eigenvalue weighted by Gasteiger charge is -2.08. The van der Waals surface area contributed by atoms with Crippen molar-refractivity contribution in [3.8, 4) is 11.8 Å². The number of nitrogens with one attached hydrogen (secondary N) is 1. The minimum Gasteiger partial charge on any atom is -0.481 e. The number of anilines is 1. The van der Waals surface area contributed by atoms with E-state index in [9.17, 15) is 0 Å². The molecule has 0 saturated carbocycles. The third-order valence-corrected chi connectivity index (χ3v) is 1.83. The summed E-state index contributed by atoms with van der Waals surface area (Å²) in [5, 5.41) is 3.02. The molecule has 0 unspecified atom stereocenters. The normalized spacial score (nSPS) is 9.94. The Hall–Kier alpha value is -1.56. The van der Waals surface area contributed by atoms with Gasteiger partial charge in [-0.1, -0.05) is 0 Å². The van der Waals surface area contributed by atoms with Gasteiger partial charge < -0.3 is 19.5 Å². The summed E-state index contributed by atoms with van der Waals surface area (Å²) < 4.78 is 15.2. The molecule has 0 atom stereocenters. The molecule has 0 saturated heterocycles. The highest BCUT2D eigenvalue weighted by Crippen LogP contribution is 2.16. The zero-order valence-corrected chi connectivity index (χ0v) is 9.82. The summed E-state index contributed by atoms with van der Waals surface area (Å²) in [7, 11) is 3.09. The van der Waals surface area contributed by atoms with Crippen LogP contribution in [0, 0.1) is 0 Å². The second-order valence-electron chi connectivity index (χ2n) is 2.90. The summed E-state index contributed by atoms with van der Waals surface area (Å²) in [6, 6.07) is 1.62. The molecule has 1 rings (SSSR count). The average molecular weight is 227 g/mol. The molecule has 16 heavy (non-hydrogen) atoms. The van der Waals surface area contributed by atoms with Gasteiger partial charge in [0.2, 0.25) is 17.7 Å². The lowest BCUT2D eigenvalue weighted by molar-refractivity contribution is 0.158. The van der Waals surface area contributed by atoms with E-state index >= 15 is 0 Å². The third kappa shape index (κ3) is 3.90. The molecule has 0 aliphatic heterocycles. The van der Waals surface area contributed by atoms with E-state index in [1.54, 1.807) is 20.3 Å². The van der Waals surface area contributed by atoms with Crippen molar-refractivity contribution in [2.75, 3.05) is 39.3 Å². The van der Waals surface area contributed by atoms with Crippen molar-refractivity contribution in [2.45, 2.75) is 6.92 Å². The highest BCUT2D eigenvalue weighted by molar-refractivity contribution is 5.33. The highest BCUT2D eigenvalue weighted by atomic mass is 16.5. The molecule has 0 aromatic carbocycles. The largest absolute Gasteiger partial charge is 0.481 e. The maximum absolute atomic E-state index is 5.19. The lowest BCUT2D eigenvalue weighted by atomic mass is 10.6. The second kappa shape index (κ2) is 6.84. The maximum atomic E-state index is 5.19. The fourth-order valence-corrected chi connectivity index (χ4v) is 1.07. The van der Waals surface area contributed by atoms with Crippen LogP contribution < -0.4 is 14.8 Å². The van der Waals surface area contributed by atoms with Gasteiger partial charge in [0.1, 0.15) is 0 Å².